The third kappa shape index (κ3) is 6.54. The topological polar surface area (TPSA) is 91.7 Å². The van der Waals surface area contributed by atoms with Crippen molar-refractivity contribution < 1.29 is 19.1 Å². The number of rotatable bonds is 9. The highest BCUT2D eigenvalue weighted by Crippen LogP contribution is 2.27. The molecule has 0 aliphatic carbocycles. The Morgan fingerprint density at radius 1 is 1.14 bits per heavy atom. The zero-order chi connectivity index (χ0) is 21.2. The molecule has 0 atom stereocenters. The molecule has 0 saturated carbocycles. The minimum Gasteiger partial charge on any atom is -0.493 e. The van der Waals surface area contributed by atoms with Crippen LogP contribution in [0.2, 0.25) is 0 Å². The van der Waals surface area contributed by atoms with Gasteiger partial charge in [0.2, 0.25) is 5.91 Å². The van der Waals surface area contributed by atoms with Gasteiger partial charge >= 0.3 is 0 Å². The Morgan fingerprint density at radius 2 is 1.93 bits per heavy atom. The second-order valence-corrected chi connectivity index (χ2v) is 6.61. The largest absolute Gasteiger partial charge is 0.493 e. The Balaban J connectivity index is 1.76. The summed E-state index contributed by atoms with van der Waals surface area (Å²) < 4.78 is 10.9. The van der Waals surface area contributed by atoms with E-state index in [4.69, 9.17) is 14.7 Å². The van der Waals surface area contributed by atoms with E-state index >= 15 is 0 Å². The van der Waals surface area contributed by atoms with Gasteiger partial charge in [-0.2, -0.15) is 5.26 Å². The number of ether oxygens (including phenoxy) is 2. The average Bonchev–Trinajstić information content (AvgIpc) is 2.74. The average molecular weight is 395 g/mol. The summed E-state index contributed by atoms with van der Waals surface area (Å²) in [7, 11) is 4.91. The van der Waals surface area contributed by atoms with E-state index in [1.807, 2.05) is 12.1 Å². The van der Waals surface area contributed by atoms with Crippen molar-refractivity contribution in [2.75, 3.05) is 27.8 Å². The van der Waals surface area contributed by atoms with Crippen molar-refractivity contribution in [3.8, 4) is 17.6 Å². The molecule has 0 unspecified atom stereocenters. The van der Waals surface area contributed by atoms with E-state index in [1.54, 1.807) is 50.5 Å². The minimum absolute atomic E-state index is 0.0754. The molecule has 0 saturated heterocycles. The van der Waals surface area contributed by atoms with Crippen molar-refractivity contribution in [2.24, 2.45) is 0 Å². The van der Waals surface area contributed by atoms with Gasteiger partial charge in [-0.05, 0) is 36.2 Å². The highest BCUT2D eigenvalue weighted by atomic mass is 16.5. The maximum Gasteiger partial charge on any atom is 0.253 e. The summed E-state index contributed by atoms with van der Waals surface area (Å²) in [5, 5.41) is 11.8. The molecule has 2 aromatic carbocycles. The molecule has 1 N–H and O–H groups in total. The van der Waals surface area contributed by atoms with Crippen molar-refractivity contribution in [1.82, 2.24) is 10.2 Å². The number of benzene rings is 2. The predicted molar refractivity (Wildman–Crippen MR) is 109 cm³/mol. The van der Waals surface area contributed by atoms with Crippen molar-refractivity contribution >= 4 is 11.8 Å². The molecule has 0 fully saturated rings. The van der Waals surface area contributed by atoms with E-state index in [-0.39, 0.29) is 11.8 Å². The van der Waals surface area contributed by atoms with Crippen molar-refractivity contribution in [2.45, 2.75) is 19.4 Å². The second kappa shape index (κ2) is 10.7. The number of carbonyl (C=O) groups excluding carboxylic acids is 2. The molecule has 2 rings (SSSR count). The van der Waals surface area contributed by atoms with Crippen LogP contribution in [0.1, 0.15) is 34.3 Å². The molecule has 0 radical (unpaired) electrons. The number of nitrogens with one attached hydrogen (secondary N) is 1. The van der Waals surface area contributed by atoms with Crippen molar-refractivity contribution in [1.29, 1.82) is 5.26 Å². The molecule has 0 aromatic heterocycles. The molecule has 0 aliphatic rings. The van der Waals surface area contributed by atoms with Crippen LogP contribution < -0.4 is 14.8 Å². The third-order valence-corrected chi connectivity index (χ3v) is 4.17. The lowest BCUT2D eigenvalue weighted by molar-refractivity contribution is -0.121. The van der Waals surface area contributed by atoms with Crippen LogP contribution in [-0.2, 0) is 11.3 Å². The van der Waals surface area contributed by atoms with Crippen LogP contribution in [0.25, 0.3) is 0 Å². The molecule has 2 amide bonds. The highest BCUT2D eigenvalue weighted by Gasteiger charge is 2.09. The number of methoxy groups -OCH3 is 1. The monoisotopic (exact) mass is 395 g/mol. The molecular weight excluding hydrogens is 370 g/mol. The van der Waals surface area contributed by atoms with Crippen LogP contribution in [0.15, 0.2) is 42.5 Å². The van der Waals surface area contributed by atoms with Crippen molar-refractivity contribution in [3.05, 3.63) is 59.2 Å². The molecule has 7 heteroatoms. The number of amides is 2. The van der Waals surface area contributed by atoms with Crippen LogP contribution in [-0.4, -0.2) is 44.5 Å². The molecular formula is C22H25N3O4. The molecule has 152 valence electrons. The van der Waals surface area contributed by atoms with Crippen LogP contribution in [0.5, 0.6) is 11.5 Å². The van der Waals surface area contributed by atoms with E-state index in [2.05, 4.69) is 5.32 Å². The van der Waals surface area contributed by atoms with Gasteiger partial charge in [-0.3, -0.25) is 9.59 Å². The molecule has 0 heterocycles. The van der Waals surface area contributed by atoms with Crippen LogP contribution in [0.4, 0.5) is 0 Å². The van der Waals surface area contributed by atoms with E-state index in [1.165, 1.54) is 12.0 Å². The lowest BCUT2D eigenvalue weighted by Crippen LogP contribution is -2.24. The molecule has 0 aliphatic heterocycles. The Kier molecular flexibility index (Phi) is 8.04. The first-order valence-corrected chi connectivity index (χ1v) is 9.23. The van der Waals surface area contributed by atoms with Crippen LogP contribution in [0.3, 0.4) is 0 Å². The van der Waals surface area contributed by atoms with E-state index < -0.39 is 0 Å². The quantitative estimate of drug-likeness (QED) is 0.659. The van der Waals surface area contributed by atoms with Gasteiger partial charge in [-0.1, -0.05) is 12.1 Å². The summed E-state index contributed by atoms with van der Waals surface area (Å²) in [5.74, 6) is 0.855. The Morgan fingerprint density at radius 3 is 2.62 bits per heavy atom. The number of nitrogens with zero attached hydrogens (tertiary/aromatic N) is 2. The summed E-state index contributed by atoms with van der Waals surface area (Å²) in [6.45, 7) is 0.709. The second-order valence-electron chi connectivity index (χ2n) is 6.61. The molecule has 0 spiro atoms. The SMILES string of the molecule is COc1cc(C#N)ccc1OCCCC(=O)NCc1cccc(C(=O)N(C)C)c1. The standard InChI is InChI=1S/C22H25N3O4/c1-25(2)22(27)18-7-4-6-17(12-18)15-24-21(26)8-5-11-29-19-10-9-16(14-23)13-20(19)28-3/h4,6-7,9-10,12-13H,5,8,11,15H2,1-3H3,(H,24,26). The van der Waals surface area contributed by atoms with Crippen molar-refractivity contribution in [3.63, 3.8) is 0 Å². The van der Waals surface area contributed by atoms with Gasteiger partial charge < -0.3 is 19.7 Å². The number of hydrogen-bond acceptors (Lipinski definition) is 5. The third-order valence-electron chi connectivity index (χ3n) is 4.17. The molecule has 0 bridgehead atoms. The maximum absolute atomic E-state index is 12.1. The maximum atomic E-state index is 12.1. The summed E-state index contributed by atoms with van der Waals surface area (Å²) in [6, 6.07) is 14.2. The molecule has 2 aromatic rings. The Labute approximate surface area is 170 Å². The first-order valence-electron chi connectivity index (χ1n) is 9.23. The Hall–Kier alpha value is -3.53. The zero-order valence-electron chi connectivity index (χ0n) is 16.9. The first-order chi connectivity index (χ1) is 13.9. The molecule has 29 heavy (non-hydrogen) atoms. The van der Waals surface area contributed by atoms with Gasteiger partial charge in [0.1, 0.15) is 0 Å². The fourth-order valence-corrected chi connectivity index (χ4v) is 2.63. The fraction of sp³-hybridized carbons (Fsp3) is 0.318. The van der Waals surface area contributed by atoms with Crippen LogP contribution >= 0.6 is 0 Å². The van der Waals surface area contributed by atoms with Gasteiger partial charge in [0.05, 0.1) is 25.3 Å². The predicted octanol–water partition coefficient (Wildman–Crippen LogP) is 2.74. The smallest absolute Gasteiger partial charge is 0.253 e. The lowest BCUT2D eigenvalue weighted by Gasteiger charge is -2.12. The van der Waals surface area contributed by atoms with Gasteiger partial charge in [0.15, 0.2) is 11.5 Å². The Bertz CT molecular complexity index is 903. The normalized spacial score (nSPS) is 10.0. The summed E-state index contributed by atoms with van der Waals surface area (Å²) in [5.41, 5.74) is 1.95. The summed E-state index contributed by atoms with van der Waals surface area (Å²) >= 11 is 0. The summed E-state index contributed by atoms with van der Waals surface area (Å²) in [6.07, 6.45) is 0.850. The van der Waals surface area contributed by atoms with E-state index in [9.17, 15) is 9.59 Å². The van der Waals surface area contributed by atoms with Gasteiger partial charge in [0.25, 0.3) is 5.91 Å². The van der Waals surface area contributed by atoms with E-state index in [0.29, 0.717) is 48.6 Å². The highest BCUT2D eigenvalue weighted by molar-refractivity contribution is 5.94. The minimum atomic E-state index is -0.0928. The van der Waals surface area contributed by atoms with Gasteiger partial charge in [-0.25, -0.2) is 0 Å². The number of carbonyl (C=O) groups is 2. The fourth-order valence-electron chi connectivity index (χ4n) is 2.63. The zero-order valence-corrected chi connectivity index (χ0v) is 16.9. The number of nitriles is 1. The van der Waals surface area contributed by atoms with Gasteiger partial charge in [-0.15, -0.1) is 0 Å². The van der Waals surface area contributed by atoms with Gasteiger partial charge in [0, 0.05) is 38.7 Å². The lowest BCUT2D eigenvalue weighted by atomic mass is 10.1. The summed E-state index contributed by atoms with van der Waals surface area (Å²) in [4.78, 5) is 25.6. The molecule has 7 nitrogen and oxygen atoms in total. The van der Waals surface area contributed by atoms with E-state index in [0.717, 1.165) is 5.56 Å². The van der Waals surface area contributed by atoms with Crippen LogP contribution in [0, 0.1) is 11.3 Å². The first kappa shape index (κ1) is 21.8. The number of hydrogen-bond donors (Lipinski definition) is 1.